The third-order valence-electron chi connectivity index (χ3n) is 7.64. The van der Waals surface area contributed by atoms with E-state index in [2.05, 4.69) is 61.0 Å². The van der Waals surface area contributed by atoms with Crippen molar-refractivity contribution in [1.29, 1.82) is 0 Å². The van der Waals surface area contributed by atoms with E-state index in [1.807, 2.05) is 0 Å². The monoisotopic (exact) mass is 513 g/mol. The van der Waals surface area contributed by atoms with Crippen molar-refractivity contribution in [2.75, 3.05) is 61.8 Å². The van der Waals surface area contributed by atoms with Crippen molar-refractivity contribution >= 4 is 29.0 Å². The van der Waals surface area contributed by atoms with Gasteiger partial charge in [0.05, 0.1) is 5.56 Å². The number of nitrogens with zero attached hydrogens (tertiary/aromatic N) is 4. The highest BCUT2D eigenvalue weighted by Gasteiger charge is 2.28. The van der Waals surface area contributed by atoms with Gasteiger partial charge in [-0.3, -0.25) is 4.79 Å². The van der Waals surface area contributed by atoms with Gasteiger partial charge < -0.3 is 25.8 Å². The van der Waals surface area contributed by atoms with Crippen molar-refractivity contribution in [3.8, 4) is 0 Å². The fourth-order valence-corrected chi connectivity index (χ4v) is 4.85. The van der Waals surface area contributed by atoms with E-state index in [4.69, 9.17) is 0 Å². The summed E-state index contributed by atoms with van der Waals surface area (Å²) in [6.07, 6.45) is 4.46. The van der Waals surface area contributed by atoms with Crippen LogP contribution in [0, 0.1) is 5.92 Å². The predicted octanol–water partition coefficient (Wildman–Crippen LogP) is 4.51. The summed E-state index contributed by atoms with van der Waals surface area (Å²) in [5.74, 6) is 1.16. The maximum absolute atomic E-state index is 13.6. The van der Waals surface area contributed by atoms with Crippen LogP contribution in [0.15, 0.2) is 24.4 Å². The van der Waals surface area contributed by atoms with Crippen LogP contribution in [0.3, 0.4) is 0 Å². The van der Waals surface area contributed by atoms with E-state index in [0.29, 0.717) is 31.4 Å². The van der Waals surface area contributed by atoms with Gasteiger partial charge in [-0.05, 0) is 68.8 Å². The van der Waals surface area contributed by atoms with Crippen LogP contribution < -0.4 is 20.9 Å². The number of rotatable bonds is 11. The number of amides is 1. The molecule has 0 atom stereocenters. The van der Waals surface area contributed by atoms with Crippen LogP contribution in [-0.2, 0) is 4.79 Å². The van der Waals surface area contributed by atoms with Crippen LogP contribution in [0.5, 0.6) is 0 Å². The number of nitrogens with one attached hydrogen (secondary N) is 3. The molecule has 0 bridgehead atoms. The van der Waals surface area contributed by atoms with Crippen LogP contribution >= 0.6 is 0 Å². The van der Waals surface area contributed by atoms with E-state index in [-0.39, 0.29) is 23.2 Å². The van der Waals surface area contributed by atoms with Gasteiger partial charge in [0.2, 0.25) is 11.9 Å². The van der Waals surface area contributed by atoms with Gasteiger partial charge >= 0.3 is 0 Å². The number of halogens is 2. The minimum absolute atomic E-state index is 0.0955. The predicted molar refractivity (Wildman–Crippen MR) is 142 cm³/mol. The average molecular weight is 514 g/mol. The quantitative estimate of drug-likeness (QED) is 0.382. The lowest BCUT2D eigenvalue weighted by Gasteiger charge is -2.34. The first-order valence-electron chi connectivity index (χ1n) is 13.5. The topological polar surface area (TPSA) is 85.4 Å². The van der Waals surface area contributed by atoms with Gasteiger partial charge in [0.15, 0.2) is 0 Å². The molecular weight excluding hydrogens is 476 g/mol. The van der Waals surface area contributed by atoms with Crippen molar-refractivity contribution in [1.82, 2.24) is 20.2 Å². The van der Waals surface area contributed by atoms with Crippen molar-refractivity contribution < 1.29 is 13.6 Å². The molecule has 3 fully saturated rings. The normalized spacial score (nSPS) is 18.5. The smallest absolute Gasteiger partial charge is 0.268 e. The standard InChI is InChI=1S/C27H37F2N7O/c1-35-12-14-36(15-13-35)20-8-9-23(21(16-20)18-6-7-18)33-27-32-17-22(24(28)29)25(34-27)30-10-3-11-31-26(37)19-4-2-5-19/h8-9,16-19,24H,2-7,10-15H2,1H3,(H,31,37)(H2,30,32,33,34). The Balaban J connectivity index is 1.23. The molecule has 0 spiro atoms. The third kappa shape index (κ3) is 6.47. The second-order valence-electron chi connectivity index (χ2n) is 10.5. The number of anilines is 4. The third-order valence-corrected chi connectivity index (χ3v) is 7.64. The van der Waals surface area contributed by atoms with E-state index in [0.717, 1.165) is 64.0 Å². The van der Waals surface area contributed by atoms with Crippen LogP contribution in [-0.4, -0.2) is 67.1 Å². The lowest BCUT2D eigenvalue weighted by atomic mass is 9.85. The van der Waals surface area contributed by atoms with Gasteiger partial charge in [-0.25, -0.2) is 13.8 Å². The number of carbonyl (C=O) groups is 1. The zero-order valence-electron chi connectivity index (χ0n) is 21.5. The van der Waals surface area contributed by atoms with E-state index < -0.39 is 6.43 Å². The number of piperazine rings is 1. The Bertz CT molecular complexity index is 1080. The van der Waals surface area contributed by atoms with Crippen molar-refractivity contribution in [3.63, 3.8) is 0 Å². The van der Waals surface area contributed by atoms with Gasteiger partial charge in [-0.15, -0.1) is 0 Å². The molecule has 8 nitrogen and oxygen atoms in total. The molecule has 37 heavy (non-hydrogen) atoms. The first-order valence-corrected chi connectivity index (χ1v) is 13.5. The molecular formula is C27H37F2N7O. The molecule has 3 N–H and O–H groups in total. The van der Waals surface area contributed by atoms with E-state index >= 15 is 0 Å². The van der Waals surface area contributed by atoms with Gasteiger partial charge in [0.25, 0.3) is 6.43 Å². The van der Waals surface area contributed by atoms with E-state index in [1.165, 1.54) is 17.4 Å². The zero-order valence-corrected chi connectivity index (χ0v) is 21.5. The Hall–Kier alpha value is -3.01. The van der Waals surface area contributed by atoms with Crippen molar-refractivity contribution in [2.24, 2.45) is 5.92 Å². The van der Waals surface area contributed by atoms with Crippen LogP contribution in [0.4, 0.5) is 31.9 Å². The fourth-order valence-electron chi connectivity index (χ4n) is 4.85. The van der Waals surface area contributed by atoms with E-state index in [1.54, 1.807) is 0 Å². The van der Waals surface area contributed by atoms with Crippen LogP contribution in [0.2, 0.25) is 0 Å². The SMILES string of the molecule is CN1CCN(c2ccc(Nc3ncc(C(F)F)c(NCCCNC(=O)C4CCC4)n3)c(C3CC3)c2)CC1. The van der Waals surface area contributed by atoms with Gasteiger partial charge in [0.1, 0.15) is 5.82 Å². The summed E-state index contributed by atoms with van der Waals surface area (Å²) in [6.45, 7) is 5.04. The summed E-state index contributed by atoms with van der Waals surface area (Å²) >= 11 is 0. The number of likely N-dealkylation sites (N-methyl/N-ethyl adjacent to an activating group) is 1. The lowest BCUT2D eigenvalue weighted by Crippen LogP contribution is -2.44. The minimum Gasteiger partial charge on any atom is -0.369 e. The first kappa shape index (κ1) is 25.6. The molecule has 2 heterocycles. The molecule has 1 amide bonds. The molecule has 200 valence electrons. The van der Waals surface area contributed by atoms with Gasteiger partial charge in [-0.2, -0.15) is 4.98 Å². The van der Waals surface area contributed by atoms with Gasteiger partial charge in [0, 0.05) is 62.8 Å². The molecule has 2 aromatic rings. The number of aromatic nitrogens is 2. The first-order chi connectivity index (χ1) is 18.0. The number of carbonyl (C=O) groups excluding carboxylic acids is 1. The Morgan fingerprint density at radius 1 is 1.11 bits per heavy atom. The number of benzene rings is 1. The second-order valence-corrected chi connectivity index (χ2v) is 10.5. The Kier molecular flexibility index (Phi) is 8.02. The van der Waals surface area contributed by atoms with Crippen molar-refractivity contribution in [2.45, 2.75) is 50.9 Å². The number of alkyl halides is 2. The highest BCUT2D eigenvalue weighted by molar-refractivity contribution is 5.79. The number of hydrogen-bond acceptors (Lipinski definition) is 7. The highest BCUT2D eigenvalue weighted by Crippen LogP contribution is 2.45. The summed E-state index contributed by atoms with van der Waals surface area (Å²) in [5, 5.41) is 9.24. The molecule has 1 aromatic carbocycles. The Morgan fingerprint density at radius 2 is 1.89 bits per heavy atom. The average Bonchev–Trinajstić information content (AvgIpc) is 3.69. The molecule has 5 rings (SSSR count). The summed E-state index contributed by atoms with van der Waals surface area (Å²) in [5.41, 5.74) is 3.16. The van der Waals surface area contributed by atoms with Crippen molar-refractivity contribution in [3.05, 3.63) is 35.5 Å². The minimum atomic E-state index is -2.68. The summed E-state index contributed by atoms with van der Waals surface area (Å²) < 4.78 is 27.2. The highest BCUT2D eigenvalue weighted by atomic mass is 19.3. The largest absolute Gasteiger partial charge is 0.369 e. The zero-order chi connectivity index (χ0) is 25.8. The second kappa shape index (κ2) is 11.6. The maximum Gasteiger partial charge on any atom is 0.268 e. The molecule has 2 aliphatic carbocycles. The fraction of sp³-hybridized carbons (Fsp3) is 0.593. The molecule has 10 heteroatoms. The Morgan fingerprint density at radius 3 is 2.57 bits per heavy atom. The maximum atomic E-state index is 13.6. The molecule has 1 saturated heterocycles. The summed E-state index contributed by atoms with van der Waals surface area (Å²) in [4.78, 5) is 25.3. The van der Waals surface area contributed by atoms with Crippen LogP contribution in [0.25, 0.3) is 0 Å². The molecule has 1 aromatic heterocycles. The molecule has 3 aliphatic rings. The molecule has 0 radical (unpaired) electrons. The molecule has 2 saturated carbocycles. The Labute approximate surface area is 217 Å². The molecule has 0 unspecified atom stereocenters. The summed E-state index contributed by atoms with van der Waals surface area (Å²) in [7, 11) is 2.15. The lowest BCUT2D eigenvalue weighted by molar-refractivity contribution is -0.127. The summed E-state index contributed by atoms with van der Waals surface area (Å²) in [6, 6.07) is 6.43. The molecule has 1 aliphatic heterocycles. The number of hydrogen-bond donors (Lipinski definition) is 3. The van der Waals surface area contributed by atoms with E-state index in [9.17, 15) is 13.6 Å². The van der Waals surface area contributed by atoms with Gasteiger partial charge in [-0.1, -0.05) is 6.42 Å². The van der Waals surface area contributed by atoms with Crippen LogP contribution in [0.1, 0.15) is 62.0 Å².